The van der Waals surface area contributed by atoms with E-state index in [4.69, 9.17) is 14.6 Å². The highest BCUT2D eigenvalue weighted by molar-refractivity contribution is 5.44. The van der Waals surface area contributed by atoms with Crippen LogP contribution in [0, 0.1) is 12.8 Å². The fourth-order valence-corrected chi connectivity index (χ4v) is 4.22. The molecule has 1 N–H and O–H groups in total. The maximum atomic E-state index is 10.6. The Labute approximate surface area is 208 Å². The van der Waals surface area contributed by atoms with Gasteiger partial charge in [0.05, 0.1) is 36.3 Å². The Morgan fingerprint density at radius 2 is 1.91 bits per heavy atom. The Morgan fingerprint density at radius 3 is 2.57 bits per heavy atom. The highest BCUT2D eigenvalue weighted by Gasteiger charge is 2.28. The molecule has 1 heterocycles. The third-order valence-electron chi connectivity index (χ3n) is 6.20. The topological polar surface area (TPSA) is 59.8 Å². The van der Waals surface area contributed by atoms with Crippen LogP contribution in [0.15, 0.2) is 67.3 Å². The van der Waals surface area contributed by atoms with Crippen LogP contribution in [0.4, 0.5) is 0 Å². The van der Waals surface area contributed by atoms with Crippen molar-refractivity contribution in [3.05, 3.63) is 84.1 Å². The van der Waals surface area contributed by atoms with Crippen molar-refractivity contribution in [3.8, 4) is 17.3 Å². The minimum Gasteiger partial charge on any atom is -0.439 e. The average Bonchev–Trinajstić information content (AvgIpc) is 3.62. The van der Waals surface area contributed by atoms with Crippen LogP contribution >= 0.6 is 0 Å². The summed E-state index contributed by atoms with van der Waals surface area (Å²) in [6.07, 6.45) is 4.42. The van der Waals surface area contributed by atoms with Gasteiger partial charge >= 0.3 is 0 Å². The lowest BCUT2D eigenvalue weighted by Crippen LogP contribution is -2.36. The number of nitrogens with zero attached hydrogens (tertiary/aromatic N) is 3. The molecule has 2 aromatic carbocycles. The first kappa shape index (κ1) is 25.2. The summed E-state index contributed by atoms with van der Waals surface area (Å²) in [5.74, 6) is 2.20. The molecule has 0 aliphatic heterocycles. The normalized spacial score (nSPS) is 14.3. The SMILES string of the molecule is C=CCOC[C@H](O)CN(Cc1c(CC)nn(-c2ccccc2)c1Oc1ccc(C)cc1)CC1CC1. The molecule has 1 fully saturated rings. The first-order valence-corrected chi connectivity index (χ1v) is 12.6. The molecule has 0 saturated heterocycles. The van der Waals surface area contributed by atoms with Crippen LogP contribution in [0.3, 0.4) is 0 Å². The van der Waals surface area contributed by atoms with Crippen molar-refractivity contribution < 1.29 is 14.6 Å². The molecule has 1 saturated carbocycles. The van der Waals surface area contributed by atoms with Gasteiger partial charge in [0.1, 0.15) is 5.75 Å². The van der Waals surface area contributed by atoms with Gasteiger partial charge in [0.15, 0.2) is 0 Å². The zero-order chi connectivity index (χ0) is 24.6. The molecule has 0 unspecified atom stereocenters. The van der Waals surface area contributed by atoms with Gasteiger partial charge < -0.3 is 14.6 Å². The monoisotopic (exact) mass is 475 g/mol. The molecule has 0 spiro atoms. The maximum Gasteiger partial charge on any atom is 0.227 e. The van der Waals surface area contributed by atoms with Gasteiger partial charge in [0, 0.05) is 19.6 Å². The van der Waals surface area contributed by atoms with Crippen molar-refractivity contribution >= 4 is 0 Å². The van der Waals surface area contributed by atoms with E-state index in [1.54, 1.807) is 6.08 Å². The van der Waals surface area contributed by atoms with Crippen LogP contribution in [0.2, 0.25) is 0 Å². The van der Waals surface area contributed by atoms with Gasteiger partial charge in [-0.15, -0.1) is 6.58 Å². The molecule has 1 aliphatic rings. The zero-order valence-corrected chi connectivity index (χ0v) is 20.9. The second kappa shape index (κ2) is 12.2. The summed E-state index contributed by atoms with van der Waals surface area (Å²) in [5, 5.41) is 15.6. The van der Waals surface area contributed by atoms with E-state index in [1.165, 1.54) is 18.4 Å². The second-order valence-corrected chi connectivity index (χ2v) is 9.36. The molecule has 186 valence electrons. The summed E-state index contributed by atoms with van der Waals surface area (Å²) in [6, 6.07) is 18.2. The van der Waals surface area contributed by atoms with Crippen LogP contribution in [-0.2, 0) is 17.7 Å². The molecule has 0 bridgehead atoms. The molecule has 0 radical (unpaired) electrons. The molecule has 1 aromatic heterocycles. The molecule has 6 nitrogen and oxygen atoms in total. The first-order chi connectivity index (χ1) is 17.1. The highest BCUT2D eigenvalue weighted by Crippen LogP contribution is 2.34. The largest absolute Gasteiger partial charge is 0.439 e. The quantitative estimate of drug-likeness (QED) is 0.253. The Morgan fingerprint density at radius 1 is 1.17 bits per heavy atom. The molecule has 0 amide bonds. The predicted molar refractivity (Wildman–Crippen MR) is 139 cm³/mol. The predicted octanol–water partition coefficient (Wildman–Crippen LogP) is 5.31. The van der Waals surface area contributed by atoms with Gasteiger partial charge in [-0.05, 0) is 56.4 Å². The summed E-state index contributed by atoms with van der Waals surface area (Å²) in [4.78, 5) is 2.33. The molecule has 3 aromatic rings. The van der Waals surface area contributed by atoms with Gasteiger partial charge in [-0.3, -0.25) is 4.90 Å². The average molecular weight is 476 g/mol. The summed E-state index contributed by atoms with van der Waals surface area (Å²) in [6.45, 7) is 10.8. The van der Waals surface area contributed by atoms with Crippen LogP contribution in [0.1, 0.15) is 36.6 Å². The number of aliphatic hydroxyl groups is 1. The molecule has 6 heteroatoms. The van der Waals surface area contributed by atoms with E-state index < -0.39 is 6.10 Å². The lowest BCUT2D eigenvalue weighted by atomic mass is 10.1. The number of aromatic nitrogens is 2. The molecule has 4 rings (SSSR count). The van der Waals surface area contributed by atoms with E-state index in [9.17, 15) is 5.11 Å². The lowest BCUT2D eigenvalue weighted by Gasteiger charge is -2.25. The lowest BCUT2D eigenvalue weighted by molar-refractivity contribution is 0.0235. The Balaban J connectivity index is 1.65. The third kappa shape index (κ3) is 7.04. The van der Waals surface area contributed by atoms with Gasteiger partial charge in [0.25, 0.3) is 0 Å². The van der Waals surface area contributed by atoms with Crippen molar-refractivity contribution in [1.29, 1.82) is 0 Å². The van der Waals surface area contributed by atoms with Gasteiger partial charge in [-0.25, -0.2) is 4.68 Å². The maximum absolute atomic E-state index is 10.6. The van der Waals surface area contributed by atoms with E-state index in [1.807, 2.05) is 47.1 Å². The van der Waals surface area contributed by atoms with Gasteiger partial charge in [0.2, 0.25) is 5.88 Å². The van der Waals surface area contributed by atoms with E-state index in [0.29, 0.717) is 32.2 Å². The second-order valence-electron chi connectivity index (χ2n) is 9.36. The van der Waals surface area contributed by atoms with Crippen LogP contribution < -0.4 is 4.74 Å². The van der Waals surface area contributed by atoms with E-state index >= 15 is 0 Å². The number of para-hydroxylation sites is 1. The smallest absolute Gasteiger partial charge is 0.227 e. The van der Waals surface area contributed by atoms with Crippen LogP contribution in [0.5, 0.6) is 11.6 Å². The number of hydrogen-bond donors (Lipinski definition) is 1. The van der Waals surface area contributed by atoms with Gasteiger partial charge in [-0.2, -0.15) is 5.10 Å². The van der Waals surface area contributed by atoms with E-state index in [-0.39, 0.29) is 0 Å². The molecular weight excluding hydrogens is 438 g/mol. The van der Waals surface area contributed by atoms with Crippen molar-refractivity contribution in [2.75, 3.05) is 26.3 Å². The molecule has 1 aliphatic carbocycles. The standard InChI is InChI=1S/C29H37N3O3/c1-4-17-34-21-25(33)19-31(18-23-13-14-23)20-27-28(5-2)30-32(24-9-7-6-8-10-24)29(27)35-26-15-11-22(3)12-16-26/h4,6-12,15-16,23,25,33H,1,5,13-14,17-21H2,2-3H3/t25-/m1/s1. The third-order valence-corrected chi connectivity index (χ3v) is 6.20. The minimum atomic E-state index is -0.565. The molecule has 35 heavy (non-hydrogen) atoms. The molecule has 1 atom stereocenters. The number of benzene rings is 2. The number of ether oxygens (including phenoxy) is 2. The van der Waals surface area contributed by atoms with Gasteiger partial charge in [-0.1, -0.05) is 48.9 Å². The van der Waals surface area contributed by atoms with Crippen molar-refractivity contribution in [1.82, 2.24) is 14.7 Å². The Kier molecular flexibility index (Phi) is 8.74. The number of hydrogen-bond acceptors (Lipinski definition) is 5. The Bertz CT molecular complexity index is 1070. The van der Waals surface area contributed by atoms with Crippen molar-refractivity contribution in [2.24, 2.45) is 5.92 Å². The van der Waals surface area contributed by atoms with Crippen LogP contribution in [-0.4, -0.2) is 52.2 Å². The summed E-state index contributed by atoms with van der Waals surface area (Å²) < 4.78 is 13.9. The number of aryl methyl sites for hydroxylation is 2. The fourth-order valence-electron chi connectivity index (χ4n) is 4.22. The Hall–Kier alpha value is -2.93. The summed E-state index contributed by atoms with van der Waals surface area (Å²) >= 11 is 0. The van der Waals surface area contributed by atoms with Crippen LogP contribution in [0.25, 0.3) is 5.69 Å². The van der Waals surface area contributed by atoms with E-state index in [2.05, 4.69) is 37.5 Å². The minimum absolute atomic E-state index is 0.295. The summed E-state index contributed by atoms with van der Waals surface area (Å²) in [5.41, 5.74) is 4.22. The van der Waals surface area contributed by atoms with E-state index in [0.717, 1.165) is 41.5 Å². The van der Waals surface area contributed by atoms with Crippen molar-refractivity contribution in [2.45, 2.75) is 45.8 Å². The fraction of sp³-hybridized carbons (Fsp3) is 0.414. The first-order valence-electron chi connectivity index (χ1n) is 12.6. The zero-order valence-electron chi connectivity index (χ0n) is 20.9. The number of rotatable bonds is 14. The summed E-state index contributed by atoms with van der Waals surface area (Å²) in [7, 11) is 0. The highest BCUT2D eigenvalue weighted by atomic mass is 16.5. The van der Waals surface area contributed by atoms with Crippen molar-refractivity contribution in [3.63, 3.8) is 0 Å². The number of aliphatic hydroxyl groups excluding tert-OH is 1. The molecular formula is C29H37N3O3.